The van der Waals surface area contributed by atoms with Gasteiger partial charge in [0.2, 0.25) is 0 Å². The summed E-state index contributed by atoms with van der Waals surface area (Å²) in [5.74, 6) is -1.92. The molecule has 0 aromatic carbocycles. The molecule has 17 heavy (non-hydrogen) atoms. The van der Waals surface area contributed by atoms with Crippen molar-refractivity contribution in [2.75, 3.05) is 6.61 Å². The molecule has 2 N–H and O–H groups in total. The van der Waals surface area contributed by atoms with Crippen molar-refractivity contribution in [1.29, 1.82) is 0 Å². The summed E-state index contributed by atoms with van der Waals surface area (Å²) in [5.41, 5.74) is 4.53. The maximum Gasteiger partial charge on any atom is 0.391 e. The fraction of sp³-hybridized carbons (Fsp3) is 0.900. The Bertz CT molecular complexity index is 263. The van der Waals surface area contributed by atoms with Crippen LogP contribution in [-0.4, -0.2) is 24.3 Å². The fourth-order valence-corrected chi connectivity index (χ4v) is 1.94. The third-order valence-corrected chi connectivity index (χ3v) is 3.02. The van der Waals surface area contributed by atoms with Gasteiger partial charge in [-0.15, -0.1) is 12.4 Å². The zero-order chi connectivity index (χ0) is 12.4. The van der Waals surface area contributed by atoms with Gasteiger partial charge in [0.05, 0.1) is 12.5 Å². The summed E-state index contributed by atoms with van der Waals surface area (Å²) in [6.07, 6.45) is -4.31. The topological polar surface area (TPSA) is 52.3 Å². The molecule has 0 aliphatic heterocycles. The molecule has 0 unspecified atom stereocenters. The first kappa shape index (κ1) is 16.5. The van der Waals surface area contributed by atoms with E-state index in [1.807, 2.05) is 0 Å². The minimum atomic E-state index is -4.18. The van der Waals surface area contributed by atoms with Crippen LogP contribution >= 0.6 is 12.4 Å². The number of carbonyl (C=O) groups is 1. The van der Waals surface area contributed by atoms with Crippen LogP contribution < -0.4 is 5.73 Å². The smallest absolute Gasteiger partial charge is 0.391 e. The van der Waals surface area contributed by atoms with Gasteiger partial charge in [-0.1, -0.05) is 0 Å². The molecule has 0 radical (unpaired) electrons. The Balaban J connectivity index is 0.00000256. The van der Waals surface area contributed by atoms with Crippen molar-refractivity contribution in [3.8, 4) is 0 Å². The van der Waals surface area contributed by atoms with E-state index in [4.69, 9.17) is 10.5 Å². The highest BCUT2D eigenvalue weighted by atomic mass is 35.5. The van der Waals surface area contributed by atoms with Gasteiger partial charge in [0.25, 0.3) is 0 Å². The van der Waals surface area contributed by atoms with Crippen molar-refractivity contribution in [3.05, 3.63) is 0 Å². The maximum absolute atomic E-state index is 12.4. The molecule has 0 saturated heterocycles. The van der Waals surface area contributed by atoms with Crippen molar-refractivity contribution in [2.24, 2.45) is 11.7 Å². The normalized spacial score (nSPS) is 29.4. The minimum Gasteiger partial charge on any atom is -0.465 e. The Kier molecular flexibility index (Phi) is 5.74. The molecule has 102 valence electrons. The van der Waals surface area contributed by atoms with Crippen LogP contribution in [0.15, 0.2) is 0 Å². The van der Waals surface area contributed by atoms with Gasteiger partial charge in [-0.2, -0.15) is 13.2 Å². The molecule has 1 fully saturated rings. The zero-order valence-electron chi connectivity index (χ0n) is 9.55. The number of esters is 1. The van der Waals surface area contributed by atoms with E-state index in [9.17, 15) is 18.0 Å². The molecule has 1 aliphatic rings. The number of alkyl halides is 3. The number of halogens is 4. The first-order chi connectivity index (χ1) is 7.29. The van der Waals surface area contributed by atoms with E-state index in [0.717, 1.165) is 0 Å². The van der Waals surface area contributed by atoms with Gasteiger partial charge in [-0.25, -0.2) is 0 Å². The van der Waals surface area contributed by atoms with Crippen molar-refractivity contribution in [2.45, 2.75) is 44.3 Å². The lowest BCUT2D eigenvalue weighted by Gasteiger charge is -2.35. The van der Waals surface area contributed by atoms with Gasteiger partial charge in [0.15, 0.2) is 0 Å². The van der Waals surface area contributed by atoms with Crippen molar-refractivity contribution in [1.82, 2.24) is 0 Å². The van der Waals surface area contributed by atoms with E-state index in [1.54, 1.807) is 6.92 Å². The van der Waals surface area contributed by atoms with Crippen LogP contribution in [0.3, 0.4) is 0 Å². The molecule has 0 heterocycles. The Morgan fingerprint density at radius 2 is 1.88 bits per heavy atom. The Hall–Kier alpha value is -0.490. The van der Waals surface area contributed by atoms with Crippen molar-refractivity contribution in [3.63, 3.8) is 0 Å². The second-order valence-corrected chi connectivity index (χ2v) is 4.19. The molecule has 0 aromatic heterocycles. The predicted molar refractivity (Wildman–Crippen MR) is 58.8 cm³/mol. The van der Waals surface area contributed by atoms with Gasteiger partial charge in [-0.3, -0.25) is 4.79 Å². The van der Waals surface area contributed by atoms with Gasteiger partial charge in [0, 0.05) is 0 Å². The summed E-state index contributed by atoms with van der Waals surface area (Å²) in [6.45, 7) is 1.84. The van der Waals surface area contributed by atoms with E-state index >= 15 is 0 Å². The minimum absolute atomic E-state index is 0. The lowest BCUT2D eigenvalue weighted by Crippen LogP contribution is -2.52. The lowest BCUT2D eigenvalue weighted by atomic mass is 9.77. The van der Waals surface area contributed by atoms with E-state index in [1.165, 1.54) is 0 Å². The highest BCUT2D eigenvalue weighted by molar-refractivity contribution is 5.85. The SMILES string of the molecule is CCOC(=O)C1(N)CCC(C(F)(F)F)CC1.Cl. The standard InChI is InChI=1S/C10H16F3NO2.ClH/c1-2-16-8(15)9(14)5-3-7(4-6-9)10(11,12)13;/h7H,2-6,14H2,1H3;1H. The number of hydrogen-bond acceptors (Lipinski definition) is 3. The molecular formula is C10H17ClF3NO2. The van der Waals surface area contributed by atoms with Crippen LogP contribution in [0.5, 0.6) is 0 Å². The molecule has 7 heteroatoms. The molecule has 0 amide bonds. The number of hydrogen-bond donors (Lipinski definition) is 1. The monoisotopic (exact) mass is 275 g/mol. The third kappa shape index (κ3) is 4.03. The van der Waals surface area contributed by atoms with Gasteiger partial charge < -0.3 is 10.5 Å². The molecule has 1 aliphatic carbocycles. The first-order valence-electron chi connectivity index (χ1n) is 5.32. The summed E-state index contributed by atoms with van der Waals surface area (Å²) in [6, 6.07) is 0. The van der Waals surface area contributed by atoms with Crippen LogP contribution in [0.4, 0.5) is 13.2 Å². The van der Waals surface area contributed by atoms with Gasteiger partial charge in [0.1, 0.15) is 5.54 Å². The number of ether oxygens (including phenoxy) is 1. The highest BCUT2D eigenvalue weighted by Gasteiger charge is 2.47. The van der Waals surface area contributed by atoms with Gasteiger partial charge >= 0.3 is 12.1 Å². The van der Waals surface area contributed by atoms with Crippen LogP contribution in [0.1, 0.15) is 32.6 Å². The van der Waals surface area contributed by atoms with E-state index in [2.05, 4.69) is 0 Å². The predicted octanol–water partition coefficient (Wildman–Crippen LogP) is 2.42. The highest BCUT2D eigenvalue weighted by Crippen LogP contribution is 2.40. The fourth-order valence-electron chi connectivity index (χ4n) is 1.94. The van der Waals surface area contributed by atoms with Crippen LogP contribution in [0.25, 0.3) is 0 Å². The second kappa shape index (κ2) is 5.91. The summed E-state index contributed by atoms with van der Waals surface area (Å²) in [7, 11) is 0. The molecule has 0 aromatic rings. The third-order valence-electron chi connectivity index (χ3n) is 3.02. The summed E-state index contributed by atoms with van der Waals surface area (Å²) < 4.78 is 41.9. The van der Waals surface area contributed by atoms with Gasteiger partial charge in [-0.05, 0) is 32.6 Å². The van der Waals surface area contributed by atoms with Crippen molar-refractivity contribution < 1.29 is 22.7 Å². The van der Waals surface area contributed by atoms with E-state index < -0.39 is 23.6 Å². The molecule has 0 atom stereocenters. The van der Waals surface area contributed by atoms with Crippen LogP contribution in [-0.2, 0) is 9.53 Å². The van der Waals surface area contributed by atoms with E-state index in [-0.39, 0.29) is 44.7 Å². The average Bonchev–Trinajstić information content (AvgIpc) is 2.17. The largest absolute Gasteiger partial charge is 0.465 e. The van der Waals surface area contributed by atoms with Crippen molar-refractivity contribution >= 4 is 18.4 Å². The molecule has 1 saturated carbocycles. The molecule has 0 spiro atoms. The molecule has 3 nitrogen and oxygen atoms in total. The Morgan fingerprint density at radius 3 is 2.24 bits per heavy atom. The van der Waals surface area contributed by atoms with Crippen LogP contribution in [0, 0.1) is 5.92 Å². The first-order valence-corrected chi connectivity index (χ1v) is 5.32. The quantitative estimate of drug-likeness (QED) is 0.788. The number of rotatable bonds is 2. The summed E-state index contributed by atoms with van der Waals surface area (Å²) >= 11 is 0. The molecular weight excluding hydrogens is 259 g/mol. The van der Waals surface area contributed by atoms with E-state index in [0.29, 0.717) is 0 Å². The Morgan fingerprint density at radius 1 is 1.41 bits per heavy atom. The average molecular weight is 276 g/mol. The number of nitrogens with two attached hydrogens (primary N) is 1. The Labute approximate surface area is 104 Å². The number of carbonyl (C=O) groups excluding carboxylic acids is 1. The molecule has 1 rings (SSSR count). The zero-order valence-corrected chi connectivity index (χ0v) is 10.4. The van der Waals surface area contributed by atoms with Crippen LogP contribution in [0.2, 0.25) is 0 Å². The summed E-state index contributed by atoms with van der Waals surface area (Å²) in [5, 5.41) is 0. The lowest BCUT2D eigenvalue weighted by molar-refractivity contribution is -0.187. The maximum atomic E-state index is 12.4. The molecule has 0 bridgehead atoms. The summed E-state index contributed by atoms with van der Waals surface area (Å²) in [4.78, 5) is 11.4. The second-order valence-electron chi connectivity index (χ2n) is 4.19.